The topological polar surface area (TPSA) is 83.5 Å². The predicted molar refractivity (Wildman–Crippen MR) is 101 cm³/mol. The molecule has 1 saturated heterocycles. The first-order chi connectivity index (χ1) is 11.2. The average molecular weight is 443 g/mol. The van der Waals surface area contributed by atoms with E-state index in [1.54, 1.807) is 24.5 Å². The fourth-order valence-electron chi connectivity index (χ4n) is 2.35. The Labute approximate surface area is 156 Å². The molecule has 1 fully saturated rings. The monoisotopic (exact) mass is 443 g/mol. The quantitative estimate of drug-likeness (QED) is 0.437. The highest BCUT2D eigenvalue weighted by Crippen LogP contribution is 2.09. The van der Waals surface area contributed by atoms with Crippen LogP contribution in [0.1, 0.15) is 5.69 Å². The van der Waals surface area contributed by atoms with Gasteiger partial charge in [-0.1, -0.05) is 0 Å². The van der Waals surface area contributed by atoms with Gasteiger partial charge in [-0.05, 0) is 18.2 Å². The van der Waals surface area contributed by atoms with Crippen molar-refractivity contribution in [2.75, 3.05) is 31.1 Å². The van der Waals surface area contributed by atoms with Gasteiger partial charge in [-0.3, -0.25) is 4.98 Å². The number of nitrogens with two attached hydrogens (primary N) is 1. The number of aromatic nitrogens is 3. The molecule has 2 aromatic heterocycles. The third-order valence-corrected chi connectivity index (χ3v) is 3.63. The van der Waals surface area contributed by atoms with Crippen LogP contribution in [0, 0.1) is 5.82 Å². The van der Waals surface area contributed by atoms with Crippen LogP contribution in [0.3, 0.4) is 0 Å². The van der Waals surface area contributed by atoms with Crippen molar-refractivity contribution < 1.29 is 4.39 Å². The Balaban J connectivity index is 0.00000208. The van der Waals surface area contributed by atoms with Gasteiger partial charge in [0.15, 0.2) is 5.96 Å². The van der Waals surface area contributed by atoms with Gasteiger partial charge in [0.1, 0.15) is 5.82 Å². The number of hydrogen-bond donors (Lipinski definition) is 1. The largest absolute Gasteiger partial charge is 0.370 e. The van der Waals surface area contributed by atoms with Crippen LogP contribution in [0.4, 0.5) is 10.3 Å². The van der Waals surface area contributed by atoms with Crippen molar-refractivity contribution in [2.24, 2.45) is 10.7 Å². The van der Waals surface area contributed by atoms with Crippen LogP contribution >= 0.6 is 24.0 Å². The fraction of sp³-hybridized carbons (Fsp3) is 0.333. The molecule has 2 N–H and O–H groups in total. The summed E-state index contributed by atoms with van der Waals surface area (Å²) in [5, 5.41) is 0. The van der Waals surface area contributed by atoms with E-state index in [0.717, 1.165) is 32.1 Å². The van der Waals surface area contributed by atoms with E-state index < -0.39 is 0 Å². The molecular formula is C15H19FIN7. The molecule has 1 aliphatic heterocycles. The second-order valence-electron chi connectivity index (χ2n) is 5.17. The van der Waals surface area contributed by atoms with Crippen molar-refractivity contribution in [3.63, 3.8) is 0 Å². The molecule has 0 aliphatic carbocycles. The summed E-state index contributed by atoms with van der Waals surface area (Å²) in [5.41, 5.74) is 6.72. The molecule has 3 rings (SSSR count). The van der Waals surface area contributed by atoms with Gasteiger partial charge in [-0.15, -0.1) is 24.0 Å². The van der Waals surface area contributed by atoms with Crippen molar-refractivity contribution in [3.05, 3.63) is 48.3 Å². The molecule has 128 valence electrons. The smallest absolute Gasteiger partial charge is 0.225 e. The standard InChI is InChI=1S/C15H18FN7.HI/c16-12-2-3-13(20-10-12)11-21-14(17)22-6-8-23(9-7-22)15-18-4-1-5-19-15;/h1-5,10H,6-9,11H2,(H2,17,21);1H. The van der Waals surface area contributed by atoms with Gasteiger partial charge < -0.3 is 15.5 Å². The van der Waals surface area contributed by atoms with Crippen molar-refractivity contribution in [1.29, 1.82) is 0 Å². The summed E-state index contributed by atoms with van der Waals surface area (Å²) < 4.78 is 12.8. The Morgan fingerprint density at radius 1 is 1.12 bits per heavy atom. The van der Waals surface area contributed by atoms with Gasteiger partial charge in [0.2, 0.25) is 5.95 Å². The van der Waals surface area contributed by atoms with E-state index in [1.807, 2.05) is 4.90 Å². The van der Waals surface area contributed by atoms with E-state index in [4.69, 9.17) is 5.73 Å². The third kappa shape index (κ3) is 4.73. The lowest BCUT2D eigenvalue weighted by Gasteiger charge is -2.35. The predicted octanol–water partition coefficient (Wildman–Crippen LogP) is 1.27. The lowest BCUT2D eigenvalue weighted by Crippen LogP contribution is -2.51. The Morgan fingerprint density at radius 2 is 1.83 bits per heavy atom. The first-order valence-electron chi connectivity index (χ1n) is 7.39. The molecule has 2 aromatic rings. The second kappa shape index (κ2) is 8.71. The van der Waals surface area contributed by atoms with Crippen LogP contribution in [0.15, 0.2) is 41.8 Å². The Hall–Kier alpha value is -2.04. The van der Waals surface area contributed by atoms with Crippen molar-refractivity contribution in [1.82, 2.24) is 19.9 Å². The number of hydrogen-bond acceptors (Lipinski definition) is 5. The van der Waals surface area contributed by atoms with Crippen molar-refractivity contribution in [3.8, 4) is 0 Å². The molecule has 0 amide bonds. The molecule has 0 aromatic carbocycles. The summed E-state index contributed by atoms with van der Waals surface area (Å²) >= 11 is 0. The number of guanidine groups is 1. The van der Waals surface area contributed by atoms with Crippen LogP contribution in [0.25, 0.3) is 0 Å². The van der Waals surface area contributed by atoms with Crippen molar-refractivity contribution >= 4 is 35.9 Å². The minimum atomic E-state index is -0.357. The van der Waals surface area contributed by atoms with Crippen molar-refractivity contribution in [2.45, 2.75) is 6.54 Å². The Morgan fingerprint density at radius 3 is 2.46 bits per heavy atom. The molecule has 0 saturated carbocycles. The molecule has 0 unspecified atom stereocenters. The van der Waals surface area contributed by atoms with Crippen LogP contribution < -0.4 is 10.6 Å². The number of nitrogens with zero attached hydrogens (tertiary/aromatic N) is 6. The highest BCUT2D eigenvalue weighted by molar-refractivity contribution is 14.0. The van der Waals surface area contributed by atoms with Crippen LogP contribution in [-0.4, -0.2) is 52.0 Å². The zero-order valence-corrected chi connectivity index (χ0v) is 15.4. The maximum Gasteiger partial charge on any atom is 0.225 e. The second-order valence-corrected chi connectivity index (χ2v) is 5.17. The summed E-state index contributed by atoms with van der Waals surface area (Å²) in [5.74, 6) is 0.855. The maximum absolute atomic E-state index is 12.8. The number of rotatable bonds is 3. The highest BCUT2D eigenvalue weighted by atomic mass is 127. The molecule has 24 heavy (non-hydrogen) atoms. The number of halogens is 2. The lowest BCUT2D eigenvalue weighted by molar-refractivity contribution is 0.378. The van der Waals surface area contributed by atoms with Crippen LogP contribution in [0.5, 0.6) is 0 Å². The Bertz CT molecular complexity index is 657. The summed E-state index contributed by atoms with van der Waals surface area (Å²) in [7, 11) is 0. The molecular weight excluding hydrogens is 424 g/mol. The van der Waals surface area contributed by atoms with E-state index in [0.29, 0.717) is 18.2 Å². The maximum atomic E-state index is 12.8. The summed E-state index contributed by atoms with van der Waals surface area (Å²) in [6, 6.07) is 4.78. The minimum absolute atomic E-state index is 0. The highest BCUT2D eigenvalue weighted by Gasteiger charge is 2.19. The Kier molecular flexibility index (Phi) is 6.64. The first-order valence-corrected chi connectivity index (χ1v) is 7.39. The molecule has 0 atom stereocenters. The number of aliphatic imine (C=N–C) groups is 1. The van der Waals surface area contributed by atoms with Gasteiger partial charge in [0.05, 0.1) is 18.4 Å². The lowest BCUT2D eigenvalue weighted by atomic mass is 10.3. The molecule has 0 radical (unpaired) electrons. The summed E-state index contributed by atoms with van der Waals surface area (Å²) in [6.45, 7) is 3.42. The number of pyridine rings is 1. The molecule has 7 nitrogen and oxygen atoms in total. The molecule has 0 spiro atoms. The SMILES string of the molecule is I.NC(=NCc1ccc(F)cn1)N1CCN(c2ncccn2)CC1. The molecule has 1 aliphatic rings. The van der Waals surface area contributed by atoms with Gasteiger partial charge in [0, 0.05) is 38.6 Å². The first kappa shape index (κ1) is 18.3. The minimum Gasteiger partial charge on any atom is -0.370 e. The normalized spacial score (nSPS) is 15.1. The van der Waals surface area contributed by atoms with E-state index in [-0.39, 0.29) is 29.8 Å². The molecule has 0 bridgehead atoms. The fourth-order valence-corrected chi connectivity index (χ4v) is 2.35. The zero-order valence-electron chi connectivity index (χ0n) is 13.0. The summed E-state index contributed by atoms with van der Waals surface area (Å²) in [4.78, 5) is 20.9. The van der Waals surface area contributed by atoms with E-state index in [9.17, 15) is 4.39 Å². The van der Waals surface area contributed by atoms with E-state index >= 15 is 0 Å². The van der Waals surface area contributed by atoms with Gasteiger partial charge in [-0.25, -0.2) is 19.4 Å². The van der Waals surface area contributed by atoms with Gasteiger partial charge in [0.25, 0.3) is 0 Å². The van der Waals surface area contributed by atoms with Gasteiger partial charge >= 0.3 is 0 Å². The number of anilines is 1. The average Bonchev–Trinajstić information content (AvgIpc) is 2.62. The van der Waals surface area contributed by atoms with Crippen LogP contribution in [-0.2, 0) is 6.54 Å². The molecule has 3 heterocycles. The van der Waals surface area contributed by atoms with Crippen LogP contribution in [0.2, 0.25) is 0 Å². The summed E-state index contributed by atoms with van der Waals surface area (Å²) in [6.07, 6.45) is 4.65. The molecule has 9 heteroatoms. The van der Waals surface area contributed by atoms with E-state index in [1.165, 1.54) is 12.3 Å². The van der Waals surface area contributed by atoms with E-state index in [2.05, 4.69) is 24.8 Å². The number of piperazine rings is 1. The zero-order chi connectivity index (χ0) is 16.1. The third-order valence-electron chi connectivity index (χ3n) is 3.63. The van der Waals surface area contributed by atoms with Gasteiger partial charge in [-0.2, -0.15) is 0 Å².